The largest absolute Gasteiger partial charge is 0.472 e. The summed E-state index contributed by atoms with van der Waals surface area (Å²) in [6.45, 7) is 3.23. The normalized spacial score (nSPS) is 10.2. The van der Waals surface area contributed by atoms with Crippen molar-refractivity contribution in [3.8, 4) is 0 Å². The molecule has 106 valence electrons. The monoisotopic (exact) mass is 276 g/mol. The average molecular weight is 276 g/mol. The van der Waals surface area contributed by atoms with Crippen LogP contribution in [0.1, 0.15) is 18.9 Å². The highest BCUT2D eigenvalue weighted by atomic mass is 16.6. The predicted octanol–water partition coefficient (Wildman–Crippen LogP) is 3.02. The minimum Gasteiger partial charge on any atom is -0.472 e. The standard InChI is InChI=1S/C13H16N4O3/c1-2-4-14-12-6-11(17(18)19)7-13(16-12)15-8-10-3-5-20-9-10/h3,5-7,9H,2,4,8H2,1H3,(H2,14,15,16). The number of aromatic nitrogens is 1. The van der Waals surface area contributed by atoms with Gasteiger partial charge in [0.15, 0.2) is 0 Å². The van der Waals surface area contributed by atoms with Gasteiger partial charge in [0.2, 0.25) is 0 Å². The molecule has 0 aliphatic carbocycles. The summed E-state index contributed by atoms with van der Waals surface area (Å²) in [7, 11) is 0. The lowest BCUT2D eigenvalue weighted by molar-refractivity contribution is -0.384. The summed E-state index contributed by atoms with van der Waals surface area (Å²) >= 11 is 0. The molecule has 7 nitrogen and oxygen atoms in total. The molecule has 2 aromatic heterocycles. The zero-order valence-corrected chi connectivity index (χ0v) is 11.1. The van der Waals surface area contributed by atoms with Crippen molar-refractivity contribution in [2.45, 2.75) is 19.9 Å². The molecule has 0 atom stereocenters. The summed E-state index contributed by atoms with van der Waals surface area (Å²) in [5, 5.41) is 17.0. The first-order valence-corrected chi connectivity index (χ1v) is 6.34. The number of furan rings is 1. The lowest BCUT2D eigenvalue weighted by atomic mass is 10.3. The van der Waals surface area contributed by atoms with E-state index >= 15 is 0 Å². The molecule has 20 heavy (non-hydrogen) atoms. The molecule has 0 bridgehead atoms. The van der Waals surface area contributed by atoms with E-state index < -0.39 is 4.92 Å². The molecular weight excluding hydrogens is 260 g/mol. The number of hydrogen-bond acceptors (Lipinski definition) is 6. The highest BCUT2D eigenvalue weighted by molar-refractivity contribution is 5.54. The van der Waals surface area contributed by atoms with Crippen LogP contribution in [0, 0.1) is 10.1 Å². The van der Waals surface area contributed by atoms with E-state index in [9.17, 15) is 10.1 Å². The Labute approximate surface area is 116 Å². The van der Waals surface area contributed by atoms with E-state index in [4.69, 9.17) is 4.42 Å². The van der Waals surface area contributed by atoms with Crippen molar-refractivity contribution in [3.63, 3.8) is 0 Å². The van der Waals surface area contributed by atoms with Crippen LogP contribution >= 0.6 is 0 Å². The van der Waals surface area contributed by atoms with E-state index in [1.165, 1.54) is 12.1 Å². The van der Waals surface area contributed by atoms with Gasteiger partial charge in [-0.3, -0.25) is 10.1 Å². The molecule has 0 spiro atoms. The number of hydrogen-bond donors (Lipinski definition) is 2. The number of nitrogens with zero attached hydrogens (tertiary/aromatic N) is 2. The SMILES string of the molecule is CCCNc1cc([N+](=O)[O-])cc(NCc2ccoc2)n1. The van der Waals surface area contributed by atoms with Crippen LogP contribution in [0.25, 0.3) is 0 Å². The third-order valence-electron chi connectivity index (χ3n) is 2.63. The highest BCUT2D eigenvalue weighted by Gasteiger charge is 2.11. The number of nitro groups is 1. The van der Waals surface area contributed by atoms with Crippen LogP contribution in [0.4, 0.5) is 17.3 Å². The summed E-state index contributed by atoms with van der Waals surface area (Å²) < 4.78 is 4.96. The van der Waals surface area contributed by atoms with Crippen LogP contribution in [0.15, 0.2) is 35.1 Å². The van der Waals surface area contributed by atoms with Crippen molar-refractivity contribution in [1.82, 2.24) is 4.98 Å². The molecule has 0 saturated carbocycles. The number of pyridine rings is 1. The van der Waals surface area contributed by atoms with E-state index in [-0.39, 0.29) is 5.69 Å². The lowest BCUT2D eigenvalue weighted by Gasteiger charge is -2.08. The third kappa shape index (κ3) is 3.71. The summed E-state index contributed by atoms with van der Waals surface area (Å²) in [5.41, 5.74) is 0.953. The highest BCUT2D eigenvalue weighted by Crippen LogP contribution is 2.21. The quantitative estimate of drug-likeness (QED) is 0.596. The Morgan fingerprint density at radius 3 is 2.70 bits per heavy atom. The smallest absolute Gasteiger partial charge is 0.276 e. The van der Waals surface area contributed by atoms with Gasteiger partial charge in [-0.05, 0) is 12.5 Å². The van der Waals surface area contributed by atoms with Crippen molar-refractivity contribution in [3.05, 3.63) is 46.4 Å². The molecule has 0 aliphatic rings. The second kappa shape index (κ2) is 6.55. The molecule has 2 heterocycles. The molecule has 0 aromatic carbocycles. The van der Waals surface area contributed by atoms with Gasteiger partial charge in [-0.1, -0.05) is 6.92 Å². The van der Waals surface area contributed by atoms with Gasteiger partial charge in [-0.2, -0.15) is 0 Å². The van der Waals surface area contributed by atoms with Crippen LogP contribution in [-0.4, -0.2) is 16.5 Å². The molecule has 2 N–H and O–H groups in total. The summed E-state index contributed by atoms with van der Waals surface area (Å²) in [6, 6.07) is 4.66. The Hall–Kier alpha value is -2.57. The van der Waals surface area contributed by atoms with E-state index in [2.05, 4.69) is 15.6 Å². The Kier molecular flexibility index (Phi) is 4.54. The van der Waals surface area contributed by atoms with E-state index in [0.29, 0.717) is 18.2 Å². The van der Waals surface area contributed by atoms with Gasteiger partial charge in [-0.15, -0.1) is 0 Å². The second-order valence-electron chi connectivity index (χ2n) is 4.26. The predicted molar refractivity (Wildman–Crippen MR) is 75.7 cm³/mol. The maximum atomic E-state index is 10.9. The topological polar surface area (TPSA) is 93.2 Å². The third-order valence-corrected chi connectivity index (χ3v) is 2.63. The van der Waals surface area contributed by atoms with Crippen molar-refractivity contribution in [2.75, 3.05) is 17.2 Å². The van der Waals surface area contributed by atoms with Gasteiger partial charge in [0.1, 0.15) is 11.6 Å². The molecule has 0 saturated heterocycles. The molecule has 2 aromatic rings. The molecule has 7 heteroatoms. The maximum absolute atomic E-state index is 10.9. The summed E-state index contributed by atoms with van der Waals surface area (Å²) in [4.78, 5) is 14.8. The van der Waals surface area contributed by atoms with Crippen molar-refractivity contribution in [1.29, 1.82) is 0 Å². The molecule has 0 radical (unpaired) electrons. The van der Waals surface area contributed by atoms with Crippen LogP contribution in [0.3, 0.4) is 0 Å². The van der Waals surface area contributed by atoms with E-state index in [1.54, 1.807) is 12.5 Å². The second-order valence-corrected chi connectivity index (χ2v) is 4.26. The molecule has 0 aliphatic heterocycles. The lowest BCUT2D eigenvalue weighted by Crippen LogP contribution is -2.06. The van der Waals surface area contributed by atoms with Gasteiger partial charge >= 0.3 is 0 Å². The molecule has 0 fully saturated rings. The molecule has 0 amide bonds. The summed E-state index contributed by atoms with van der Waals surface area (Å²) in [6.07, 6.45) is 4.11. The first kappa shape index (κ1) is 13.9. The van der Waals surface area contributed by atoms with Gasteiger partial charge in [-0.25, -0.2) is 4.98 Å². The number of anilines is 2. The van der Waals surface area contributed by atoms with Crippen molar-refractivity contribution >= 4 is 17.3 Å². The minimum atomic E-state index is -0.429. The Bertz CT molecular complexity index is 569. The van der Waals surface area contributed by atoms with E-state index in [0.717, 1.165) is 18.5 Å². The first-order valence-electron chi connectivity index (χ1n) is 6.34. The summed E-state index contributed by atoms with van der Waals surface area (Å²) in [5.74, 6) is 0.953. The first-order chi connectivity index (χ1) is 9.69. The number of nitrogens with one attached hydrogen (secondary N) is 2. The fourth-order valence-corrected chi connectivity index (χ4v) is 1.64. The zero-order valence-electron chi connectivity index (χ0n) is 11.1. The molecule has 2 rings (SSSR count). The Balaban J connectivity index is 2.13. The van der Waals surface area contributed by atoms with Crippen molar-refractivity contribution in [2.24, 2.45) is 0 Å². The zero-order chi connectivity index (χ0) is 14.4. The van der Waals surface area contributed by atoms with Crippen LogP contribution < -0.4 is 10.6 Å². The Morgan fingerprint density at radius 1 is 1.35 bits per heavy atom. The fourth-order valence-electron chi connectivity index (χ4n) is 1.64. The molecule has 0 unspecified atom stereocenters. The van der Waals surface area contributed by atoms with E-state index in [1.807, 2.05) is 13.0 Å². The fraction of sp³-hybridized carbons (Fsp3) is 0.308. The van der Waals surface area contributed by atoms with Gasteiger partial charge < -0.3 is 15.1 Å². The maximum Gasteiger partial charge on any atom is 0.276 e. The van der Waals surface area contributed by atoms with Crippen LogP contribution in [0.5, 0.6) is 0 Å². The van der Waals surface area contributed by atoms with Crippen LogP contribution in [-0.2, 0) is 6.54 Å². The molecular formula is C13H16N4O3. The number of rotatable bonds is 7. The van der Waals surface area contributed by atoms with Crippen LogP contribution in [0.2, 0.25) is 0 Å². The Morgan fingerprint density at radius 2 is 2.10 bits per heavy atom. The van der Waals surface area contributed by atoms with Gasteiger partial charge in [0.25, 0.3) is 5.69 Å². The van der Waals surface area contributed by atoms with Gasteiger partial charge in [0, 0.05) is 18.7 Å². The van der Waals surface area contributed by atoms with Gasteiger partial charge in [0.05, 0.1) is 29.6 Å². The van der Waals surface area contributed by atoms with Crippen molar-refractivity contribution < 1.29 is 9.34 Å². The minimum absolute atomic E-state index is 0.00768. The average Bonchev–Trinajstić information content (AvgIpc) is 2.96.